The predicted molar refractivity (Wildman–Crippen MR) is 134 cm³/mol. The van der Waals surface area contributed by atoms with E-state index in [1.54, 1.807) is 7.05 Å². The first kappa shape index (κ1) is 25.7. The molecule has 164 valence electrons. The summed E-state index contributed by atoms with van der Waals surface area (Å²) in [5, 5.41) is 6.51. The average molecular weight is 524 g/mol. The lowest BCUT2D eigenvalue weighted by Crippen LogP contribution is -2.38. The molecule has 0 aliphatic carbocycles. The van der Waals surface area contributed by atoms with Crippen LogP contribution >= 0.6 is 24.0 Å². The van der Waals surface area contributed by atoms with Gasteiger partial charge in [0.05, 0.1) is 6.54 Å². The number of nitrogens with one attached hydrogen (secondary N) is 2. The molecule has 0 bridgehead atoms. The van der Waals surface area contributed by atoms with Gasteiger partial charge in [-0.1, -0.05) is 29.8 Å². The smallest absolute Gasteiger partial charge is 0.253 e. The highest BCUT2D eigenvalue weighted by Crippen LogP contribution is 2.11. The number of aliphatic imine (C=N–C) groups is 1. The van der Waals surface area contributed by atoms with Gasteiger partial charge in [0.25, 0.3) is 5.91 Å². The molecule has 0 radical (unpaired) electrons. The number of carbonyl (C=O) groups excluding carboxylic acids is 1. The lowest BCUT2D eigenvalue weighted by atomic mass is 10.1. The highest BCUT2D eigenvalue weighted by molar-refractivity contribution is 14.0. The van der Waals surface area contributed by atoms with Crippen molar-refractivity contribution in [2.24, 2.45) is 4.99 Å². The van der Waals surface area contributed by atoms with Crippen LogP contribution in [-0.2, 0) is 6.54 Å². The molecule has 0 aliphatic rings. The van der Waals surface area contributed by atoms with E-state index in [9.17, 15) is 4.79 Å². The van der Waals surface area contributed by atoms with E-state index < -0.39 is 0 Å². The van der Waals surface area contributed by atoms with Gasteiger partial charge >= 0.3 is 0 Å². The Morgan fingerprint density at radius 2 is 1.63 bits per heavy atom. The maximum absolute atomic E-state index is 12.4. The summed E-state index contributed by atoms with van der Waals surface area (Å²) in [7, 11) is 1.74. The minimum atomic E-state index is 0. The molecule has 0 spiro atoms. The summed E-state index contributed by atoms with van der Waals surface area (Å²) in [4.78, 5) is 18.4. The summed E-state index contributed by atoms with van der Waals surface area (Å²) in [6.45, 7) is 9.28. The maximum Gasteiger partial charge on any atom is 0.253 e. The van der Waals surface area contributed by atoms with Crippen molar-refractivity contribution >= 4 is 35.8 Å². The van der Waals surface area contributed by atoms with Crippen LogP contribution in [-0.4, -0.2) is 50.1 Å². The molecule has 0 unspecified atom stereocenters. The Hall–Kier alpha value is -2.29. The van der Waals surface area contributed by atoms with Crippen LogP contribution in [0.1, 0.15) is 35.3 Å². The molecule has 2 N–H and O–H groups in total. The minimum Gasteiger partial charge on any atom is -0.492 e. The first-order valence-electron chi connectivity index (χ1n) is 10.1. The van der Waals surface area contributed by atoms with E-state index in [1.807, 2.05) is 67.3 Å². The number of ether oxygens (including phenoxy) is 1. The standard InChI is InChI=1S/C23H32N4O2.HI/c1-5-27(6-2)22(28)20-11-9-19(10-12-20)17-26-23(24-4)25-15-16-29-21-13-7-18(3)8-14-21;/h7-14H,5-6,15-17H2,1-4H3,(H2,24,25,26);1H. The molecule has 2 aromatic rings. The average Bonchev–Trinajstić information content (AvgIpc) is 2.75. The van der Waals surface area contributed by atoms with Crippen LogP contribution < -0.4 is 15.4 Å². The lowest BCUT2D eigenvalue weighted by Gasteiger charge is -2.18. The van der Waals surface area contributed by atoms with Crippen LogP contribution in [0.3, 0.4) is 0 Å². The van der Waals surface area contributed by atoms with Gasteiger partial charge in [0.15, 0.2) is 5.96 Å². The van der Waals surface area contributed by atoms with Gasteiger partial charge in [-0.25, -0.2) is 0 Å². The molecule has 6 nitrogen and oxygen atoms in total. The molecule has 30 heavy (non-hydrogen) atoms. The van der Waals surface area contributed by atoms with E-state index in [0.717, 1.165) is 11.3 Å². The summed E-state index contributed by atoms with van der Waals surface area (Å²) in [6.07, 6.45) is 0. The van der Waals surface area contributed by atoms with Gasteiger partial charge in [0.2, 0.25) is 0 Å². The molecular formula is C23H33IN4O2. The van der Waals surface area contributed by atoms with Gasteiger partial charge in [-0.3, -0.25) is 9.79 Å². The van der Waals surface area contributed by atoms with E-state index in [4.69, 9.17) is 4.74 Å². The van der Waals surface area contributed by atoms with Gasteiger partial charge in [0.1, 0.15) is 12.4 Å². The molecule has 0 fully saturated rings. The van der Waals surface area contributed by atoms with Crippen molar-refractivity contribution in [2.45, 2.75) is 27.3 Å². The Bertz CT molecular complexity index is 788. The topological polar surface area (TPSA) is 66.0 Å². The molecule has 0 saturated heterocycles. The van der Waals surface area contributed by atoms with E-state index in [1.165, 1.54) is 5.56 Å². The number of rotatable bonds is 9. The number of hydrogen-bond donors (Lipinski definition) is 2. The predicted octanol–water partition coefficient (Wildman–Crippen LogP) is 3.84. The number of benzene rings is 2. The molecule has 0 atom stereocenters. The second-order valence-electron chi connectivity index (χ2n) is 6.69. The number of halogens is 1. The van der Waals surface area contributed by atoms with Crippen LogP contribution in [0, 0.1) is 6.92 Å². The normalized spacial score (nSPS) is 10.7. The lowest BCUT2D eigenvalue weighted by molar-refractivity contribution is 0.0773. The Kier molecular flexibility index (Phi) is 11.9. The second kappa shape index (κ2) is 13.8. The van der Waals surface area contributed by atoms with Crippen molar-refractivity contribution in [1.82, 2.24) is 15.5 Å². The second-order valence-corrected chi connectivity index (χ2v) is 6.69. The summed E-state index contributed by atoms with van der Waals surface area (Å²) >= 11 is 0. The van der Waals surface area contributed by atoms with Crippen molar-refractivity contribution in [3.8, 4) is 5.75 Å². The van der Waals surface area contributed by atoms with E-state index in [2.05, 4.69) is 22.5 Å². The van der Waals surface area contributed by atoms with E-state index in [0.29, 0.717) is 44.3 Å². The van der Waals surface area contributed by atoms with E-state index in [-0.39, 0.29) is 29.9 Å². The molecule has 0 heterocycles. The van der Waals surface area contributed by atoms with Crippen molar-refractivity contribution in [2.75, 3.05) is 33.3 Å². The highest BCUT2D eigenvalue weighted by Gasteiger charge is 2.11. The Morgan fingerprint density at radius 1 is 1.00 bits per heavy atom. The number of amides is 1. The molecule has 0 aliphatic heterocycles. The van der Waals surface area contributed by atoms with Gasteiger partial charge in [-0.2, -0.15) is 0 Å². The third-order valence-electron chi connectivity index (χ3n) is 4.62. The molecule has 7 heteroatoms. The number of hydrogen-bond acceptors (Lipinski definition) is 3. The third kappa shape index (κ3) is 8.22. The molecular weight excluding hydrogens is 491 g/mol. The third-order valence-corrected chi connectivity index (χ3v) is 4.62. The Morgan fingerprint density at radius 3 is 2.20 bits per heavy atom. The summed E-state index contributed by atoms with van der Waals surface area (Å²) in [5.74, 6) is 1.64. The largest absolute Gasteiger partial charge is 0.492 e. The molecule has 0 aromatic heterocycles. The summed E-state index contributed by atoms with van der Waals surface area (Å²) in [6, 6.07) is 15.7. The number of carbonyl (C=O) groups is 1. The van der Waals surface area contributed by atoms with Crippen LogP contribution in [0.5, 0.6) is 5.75 Å². The minimum absolute atomic E-state index is 0. The molecule has 1 amide bonds. The number of aryl methyl sites for hydroxylation is 1. The fraction of sp³-hybridized carbons (Fsp3) is 0.391. The Labute approximate surface area is 197 Å². The zero-order chi connectivity index (χ0) is 21.1. The van der Waals surface area contributed by atoms with Crippen molar-refractivity contribution in [1.29, 1.82) is 0 Å². The first-order chi connectivity index (χ1) is 14.1. The summed E-state index contributed by atoms with van der Waals surface area (Å²) in [5.41, 5.74) is 3.01. The van der Waals surface area contributed by atoms with Gasteiger partial charge in [0, 0.05) is 32.2 Å². The Balaban J connectivity index is 0.00000450. The maximum atomic E-state index is 12.4. The fourth-order valence-electron chi connectivity index (χ4n) is 2.84. The van der Waals surface area contributed by atoms with Crippen LogP contribution in [0.4, 0.5) is 0 Å². The van der Waals surface area contributed by atoms with Crippen LogP contribution in [0.25, 0.3) is 0 Å². The molecule has 2 rings (SSSR count). The highest BCUT2D eigenvalue weighted by atomic mass is 127. The van der Waals surface area contributed by atoms with E-state index >= 15 is 0 Å². The van der Waals surface area contributed by atoms with Crippen molar-refractivity contribution in [3.63, 3.8) is 0 Å². The first-order valence-corrected chi connectivity index (χ1v) is 10.1. The molecule has 0 saturated carbocycles. The zero-order valence-electron chi connectivity index (χ0n) is 18.3. The van der Waals surface area contributed by atoms with Gasteiger partial charge in [-0.05, 0) is 50.6 Å². The fourth-order valence-corrected chi connectivity index (χ4v) is 2.84. The van der Waals surface area contributed by atoms with Gasteiger partial charge < -0.3 is 20.3 Å². The van der Waals surface area contributed by atoms with Crippen LogP contribution in [0.2, 0.25) is 0 Å². The SMILES string of the molecule is CCN(CC)C(=O)c1ccc(CNC(=NC)NCCOc2ccc(C)cc2)cc1.I. The van der Waals surface area contributed by atoms with Crippen LogP contribution in [0.15, 0.2) is 53.5 Å². The number of guanidine groups is 1. The van der Waals surface area contributed by atoms with Crippen molar-refractivity contribution in [3.05, 3.63) is 65.2 Å². The van der Waals surface area contributed by atoms with Gasteiger partial charge in [-0.15, -0.1) is 24.0 Å². The summed E-state index contributed by atoms with van der Waals surface area (Å²) < 4.78 is 5.71. The molecule has 2 aromatic carbocycles. The monoisotopic (exact) mass is 524 g/mol. The quantitative estimate of drug-likeness (QED) is 0.227. The number of nitrogens with zero attached hydrogens (tertiary/aromatic N) is 2. The van der Waals surface area contributed by atoms with Crippen molar-refractivity contribution < 1.29 is 9.53 Å². The zero-order valence-corrected chi connectivity index (χ0v) is 20.6.